The zero-order valence-electron chi connectivity index (χ0n) is 22.5. The number of esters is 1. The molecule has 0 spiro atoms. The van der Waals surface area contributed by atoms with Crippen LogP contribution in [0.5, 0.6) is 0 Å². The topological polar surface area (TPSA) is 26.3 Å². The second-order valence-corrected chi connectivity index (χ2v) is 12.1. The SMILES string of the molecule is C=C(CC(CC(=C)c1ccccc1)OC(=O)C1C=CC=C1P(c1ccccc1)c1ccccc1)c1ccccc1. The molecule has 2 nitrogen and oxygen atoms in total. The van der Waals surface area contributed by atoms with Gasteiger partial charge in [-0.1, -0.05) is 153 Å². The Morgan fingerprint density at radius 3 is 1.55 bits per heavy atom. The van der Waals surface area contributed by atoms with Crippen molar-refractivity contribution in [2.45, 2.75) is 18.9 Å². The van der Waals surface area contributed by atoms with Crippen LogP contribution in [0.25, 0.3) is 11.1 Å². The highest BCUT2D eigenvalue weighted by molar-refractivity contribution is 7.76. The number of ether oxygens (including phenoxy) is 1. The Kier molecular flexibility index (Phi) is 9.01. The fraction of sp³-hybridized carbons (Fsp3) is 0.108. The van der Waals surface area contributed by atoms with Crippen molar-refractivity contribution in [1.82, 2.24) is 0 Å². The molecule has 0 N–H and O–H groups in total. The first kappa shape index (κ1) is 27.3. The van der Waals surface area contributed by atoms with Gasteiger partial charge in [-0.15, -0.1) is 0 Å². The predicted molar refractivity (Wildman–Crippen MR) is 170 cm³/mol. The molecule has 0 amide bonds. The quantitative estimate of drug-likeness (QED) is 0.141. The van der Waals surface area contributed by atoms with Gasteiger partial charge in [-0.3, -0.25) is 4.79 Å². The number of hydrogen-bond acceptors (Lipinski definition) is 2. The highest BCUT2D eigenvalue weighted by Gasteiger charge is 2.33. The van der Waals surface area contributed by atoms with Crippen molar-refractivity contribution in [3.8, 4) is 0 Å². The van der Waals surface area contributed by atoms with Crippen LogP contribution in [0, 0.1) is 5.92 Å². The van der Waals surface area contributed by atoms with Gasteiger partial charge in [0.2, 0.25) is 0 Å². The highest BCUT2D eigenvalue weighted by Crippen LogP contribution is 2.49. The molecule has 0 radical (unpaired) electrons. The summed E-state index contributed by atoms with van der Waals surface area (Å²) >= 11 is 0. The van der Waals surface area contributed by atoms with Gasteiger partial charge < -0.3 is 4.74 Å². The van der Waals surface area contributed by atoms with E-state index in [0.717, 1.165) is 27.6 Å². The maximum atomic E-state index is 13.9. The molecule has 0 saturated carbocycles. The minimum absolute atomic E-state index is 0.230. The Hall–Kier alpha value is -4.26. The molecule has 1 atom stereocenters. The summed E-state index contributed by atoms with van der Waals surface area (Å²) in [7, 11) is -0.892. The van der Waals surface area contributed by atoms with Gasteiger partial charge in [0.25, 0.3) is 0 Å². The van der Waals surface area contributed by atoms with Crippen molar-refractivity contribution >= 4 is 35.6 Å². The fourth-order valence-electron chi connectivity index (χ4n) is 5.01. The van der Waals surface area contributed by atoms with Gasteiger partial charge in [0.15, 0.2) is 0 Å². The molecule has 0 saturated heterocycles. The number of hydrogen-bond donors (Lipinski definition) is 0. The van der Waals surface area contributed by atoms with Crippen LogP contribution in [-0.4, -0.2) is 12.1 Å². The van der Waals surface area contributed by atoms with E-state index in [-0.39, 0.29) is 12.1 Å². The maximum absolute atomic E-state index is 13.9. The summed E-state index contributed by atoms with van der Waals surface area (Å²) in [6.45, 7) is 8.66. The highest BCUT2D eigenvalue weighted by atomic mass is 31.1. The van der Waals surface area contributed by atoms with E-state index in [1.807, 2.05) is 84.9 Å². The number of allylic oxidation sites excluding steroid dienone is 2. The van der Waals surface area contributed by atoms with E-state index in [1.165, 1.54) is 10.6 Å². The van der Waals surface area contributed by atoms with Crippen LogP contribution in [0.1, 0.15) is 24.0 Å². The summed E-state index contributed by atoms with van der Waals surface area (Å²) in [6.07, 6.45) is 6.73. The van der Waals surface area contributed by atoms with Crippen molar-refractivity contribution in [2.75, 3.05) is 0 Å². The molecule has 0 fully saturated rings. The van der Waals surface area contributed by atoms with E-state index in [4.69, 9.17) is 4.74 Å². The third kappa shape index (κ3) is 6.65. The smallest absolute Gasteiger partial charge is 0.317 e. The molecule has 1 unspecified atom stereocenters. The van der Waals surface area contributed by atoms with Crippen molar-refractivity contribution in [2.24, 2.45) is 5.92 Å². The fourth-order valence-corrected chi connectivity index (χ4v) is 7.55. The minimum Gasteiger partial charge on any atom is -0.461 e. The van der Waals surface area contributed by atoms with Crippen LogP contribution in [0.2, 0.25) is 0 Å². The summed E-state index contributed by atoms with van der Waals surface area (Å²) in [5.41, 5.74) is 3.97. The van der Waals surface area contributed by atoms with E-state index < -0.39 is 13.8 Å². The first-order valence-electron chi connectivity index (χ1n) is 13.6. The van der Waals surface area contributed by atoms with Crippen molar-refractivity contribution in [3.05, 3.63) is 169 Å². The summed E-state index contributed by atoms with van der Waals surface area (Å²) < 4.78 is 6.33. The van der Waals surface area contributed by atoms with E-state index in [2.05, 4.69) is 67.8 Å². The summed E-state index contributed by atoms with van der Waals surface area (Å²) in [5, 5.41) is 3.51. The van der Waals surface area contributed by atoms with E-state index in [9.17, 15) is 4.79 Å². The summed E-state index contributed by atoms with van der Waals surface area (Å²) in [6, 6.07) is 41.0. The summed E-state index contributed by atoms with van der Waals surface area (Å²) in [4.78, 5) is 13.9. The van der Waals surface area contributed by atoms with Gasteiger partial charge in [-0.05, 0) is 46.1 Å². The van der Waals surface area contributed by atoms with Gasteiger partial charge in [0.05, 0.1) is 0 Å². The standard InChI is InChI=1S/C37H33O2P/c1-28(30-16-7-3-8-17-30)26-32(27-29(2)31-18-9-4-10-19-31)39-37(38)35-24-15-25-36(35)40(33-20-11-5-12-21-33)34-22-13-6-14-23-34/h3-25,32,35H,1-2,26-27H2. The average Bonchev–Trinajstić information content (AvgIpc) is 3.49. The normalized spacial score (nSPS) is 14.2. The monoisotopic (exact) mass is 540 g/mol. The van der Waals surface area contributed by atoms with Gasteiger partial charge in [0.1, 0.15) is 12.0 Å². The van der Waals surface area contributed by atoms with Crippen LogP contribution in [0.4, 0.5) is 0 Å². The number of rotatable bonds is 11. The summed E-state index contributed by atoms with van der Waals surface area (Å²) in [5.74, 6) is -0.671. The Morgan fingerprint density at radius 1 is 0.675 bits per heavy atom. The lowest BCUT2D eigenvalue weighted by atomic mass is 9.95. The van der Waals surface area contributed by atoms with Crippen LogP contribution in [0.15, 0.2) is 158 Å². The number of carbonyl (C=O) groups is 1. The largest absolute Gasteiger partial charge is 0.461 e. The Bertz CT molecular complexity index is 1410. The molecule has 0 aromatic heterocycles. The van der Waals surface area contributed by atoms with Gasteiger partial charge >= 0.3 is 5.97 Å². The molecule has 0 aliphatic heterocycles. The third-order valence-corrected chi connectivity index (χ3v) is 9.60. The molecule has 0 heterocycles. The molecule has 1 aliphatic rings. The second kappa shape index (κ2) is 13.2. The van der Waals surface area contributed by atoms with Crippen LogP contribution in [0.3, 0.4) is 0 Å². The minimum atomic E-state index is -0.892. The average molecular weight is 541 g/mol. The molecule has 3 heteroatoms. The van der Waals surface area contributed by atoms with Crippen LogP contribution in [-0.2, 0) is 9.53 Å². The van der Waals surface area contributed by atoms with Crippen molar-refractivity contribution < 1.29 is 9.53 Å². The molecular formula is C37H33O2P. The van der Waals surface area contributed by atoms with E-state index >= 15 is 0 Å². The lowest BCUT2D eigenvalue weighted by molar-refractivity contribution is -0.150. The molecule has 0 bridgehead atoms. The number of carbonyl (C=O) groups excluding carboxylic acids is 1. The zero-order chi connectivity index (χ0) is 27.7. The molecule has 5 rings (SSSR count). The van der Waals surface area contributed by atoms with Crippen molar-refractivity contribution in [1.29, 1.82) is 0 Å². The predicted octanol–water partition coefficient (Wildman–Crippen LogP) is 8.31. The molecule has 1 aliphatic carbocycles. The molecule has 198 valence electrons. The first-order chi connectivity index (χ1) is 19.6. The van der Waals surface area contributed by atoms with Crippen LogP contribution >= 0.6 is 7.92 Å². The van der Waals surface area contributed by atoms with Crippen LogP contribution < -0.4 is 10.6 Å². The van der Waals surface area contributed by atoms with Crippen molar-refractivity contribution in [3.63, 3.8) is 0 Å². The molecule has 4 aromatic rings. The number of benzene rings is 4. The zero-order valence-corrected chi connectivity index (χ0v) is 23.4. The second-order valence-electron chi connectivity index (χ2n) is 9.87. The van der Waals surface area contributed by atoms with Gasteiger partial charge in [0, 0.05) is 12.8 Å². The molecular weight excluding hydrogens is 507 g/mol. The lowest BCUT2D eigenvalue weighted by Crippen LogP contribution is -2.26. The van der Waals surface area contributed by atoms with E-state index in [0.29, 0.717) is 12.8 Å². The maximum Gasteiger partial charge on any atom is 0.317 e. The Morgan fingerprint density at radius 2 is 1.10 bits per heavy atom. The first-order valence-corrected chi connectivity index (χ1v) is 14.9. The lowest BCUT2D eigenvalue weighted by Gasteiger charge is -2.27. The van der Waals surface area contributed by atoms with E-state index in [1.54, 1.807) is 0 Å². The molecule has 4 aromatic carbocycles. The Balaban J connectivity index is 1.39. The van der Waals surface area contributed by atoms with Gasteiger partial charge in [-0.2, -0.15) is 0 Å². The Labute approximate surface area is 238 Å². The third-order valence-electron chi connectivity index (χ3n) is 7.03. The van der Waals surface area contributed by atoms with Gasteiger partial charge in [-0.25, -0.2) is 0 Å². The molecule has 40 heavy (non-hydrogen) atoms.